The number of hydrogen-bond acceptors (Lipinski definition) is 5. The molecule has 0 saturated carbocycles. The van der Waals surface area contributed by atoms with Gasteiger partial charge >= 0.3 is 11.6 Å². The molecule has 0 spiro atoms. The summed E-state index contributed by atoms with van der Waals surface area (Å²) in [6, 6.07) is 0. The fraction of sp³-hybridized carbons (Fsp3) is 1.00. The molecule has 0 amide bonds. The molecule has 0 aliphatic carbocycles. The lowest BCUT2D eigenvalue weighted by Gasteiger charge is -1.98. The van der Waals surface area contributed by atoms with Crippen LogP contribution in [-0.2, 0) is 21.4 Å². The van der Waals surface area contributed by atoms with E-state index in [-0.39, 0.29) is 7.43 Å². The van der Waals surface area contributed by atoms with Crippen molar-refractivity contribution in [1.29, 1.82) is 0 Å². The molecule has 88 valence electrons. The van der Waals surface area contributed by atoms with Crippen molar-refractivity contribution in [1.82, 2.24) is 5.32 Å². The zero-order chi connectivity index (χ0) is 10.7. The van der Waals surface area contributed by atoms with Crippen molar-refractivity contribution < 1.29 is 16.8 Å². The first-order valence-electron chi connectivity index (χ1n) is 3.78. The Kier molecular flexibility index (Phi) is 17.6. The van der Waals surface area contributed by atoms with Crippen molar-refractivity contribution in [3.63, 3.8) is 0 Å². The van der Waals surface area contributed by atoms with Crippen LogP contribution in [0.3, 0.4) is 0 Å². The van der Waals surface area contributed by atoms with Gasteiger partial charge in [0.05, 0.1) is 5.75 Å². The van der Waals surface area contributed by atoms with Crippen LogP contribution >= 0.6 is 0 Å². The second-order valence-electron chi connectivity index (χ2n) is 2.41. The molecule has 14 heavy (non-hydrogen) atoms. The summed E-state index contributed by atoms with van der Waals surface area (Å²) in [6.07, 6.45) is 1.98. The summed E-state index contributed by atoms with van der Waals surface area (Å²) in [7, 11) is -2.74. The Balaban J connectivity index is -0.000000267. The van der Waals surface area contributed by atoms with Crippen molar-refractivity contribution in [2.45, 2.75) is 20.8 Å². The van der Waals surface area contributed by atoms with Gasteiger partial charge in [0, 0.05) is 6.26 Å². The molecule has 0 aromatic rings. The first-order chi connectivity index (χ1) is 5.97. The molecule has 0 aromatic carbocycles. The standard InChI is InChI=1S/C6H15NO2S.CH4.O2S/c1-3-7-5-4-6-10(2,8)9;;1-3-2/h7H,3-6H2,1-2H3;1H4;. The van der Waals surface area contributed by atoms with Gasteiger partial charge in [0.15, 0.2) is 0 Å². The van der Waals surface area contributed by atoms with Gasteiger partial charge in [-0.05, 0) is 19.5 Å². The molecule has 7 heteroatoms. The van der Waals surface area contributed by atoms with Gasteiger partial charge in [0.25, 0.3) is 0 Å². The molecule has 0 bridgehead atoms. The van der Waals surface area contributed by atoms with E-state index in [1.807, 2.05) is 6.92 Å². The number of hydrogen-bond donors (Lipinski definition) is 1. The quantitative estimate of drug-likeness (QED) is 0.689. The number of nitrogens with one attached hydrogen (secondary N) is 1. The van der Waals surface area contributed by atoms with E-state index in [0.717, 1.165) is 13.1 Å². The van der Waals surface area contributed by atoms with E-state index in [1.165, 1.54) is 6.26 Å². The summed E-state index contributed by atoms with van der Waals surface area (Å²) in [5.74, 6) is 0.292. The average Bonchev–Trinajstić information content (AvgIpc) is 1.98. The predicted molar refractivity (Wildman–Crippen MR) is 58.5 cm³/mol. The Labute approximate surface area is 89.8 Å². The summed E-state index contributed by atoms with van der Waals surface area (Å²) < 4.78 is 37.7. The molecule has 5 nitrogen and oxygen atoms in total. The fourth-order valence-electron chi connectivity index (χ4n) is 0.636. The van der Waals surface area contributed by atoms with Crippen LogP contribution in [0.15, 0.2) is 0 Å². The van der Waals surface area contributed by atoms with Gasteiger partial charge in [-0.25, -0.2) is 8.42 Å². The highest BCUT2D eigenvalue weighted by Crippen LogP contribution is 1.85. The Morgan fingerprint density at radius 1 is 1.29 bits per heavy atom. The predicted octanol–water partition coefficient (Wildman–Crippen LogP) is -0.00350. The first-order valence-corrected chi connectivity index (χ1v) is 6.50. The first kappa shape index (κ1) is 19.3. The van der Waals surface area contributed by atoms with Gasteiger partial charge in [-0.3, -0.25) is 0 Å². The lowest BCUT2D eigenvalue weighted by atomic mass is 10.5. The summed E-state index contributed by atoms with van der Waals surface area (Å²) in [5, 5.41) is 3.06. The monoisotopic (exact) mass is 245 g/mol. The molecular weight excluding hydrogens is 226 g/mol. The van der Waals surface area contributed by atoms with Gasteiger partial charge < -0.3 is 5.32 Å². The third kappa shape index (κ3) is 29.8. The minimum atomic E-state index is -2.74. The molecule has 0 rings (SSSR count). The molecule has 0 unspecified atom stereocenters. The molecule has 0 aliphatic rings. The minimum absolute atomic E-state index is 0. The maximum atomic E-state index is 10.6. The van der Waals surface area contributed by atoms with E-state index in [9.17, 15) is 8.42 Å². The van der Waals surface area contributed by atoms with Crippen molar-refractivity contribution in [2.24, 2.45) is 0 Å². The molecule has 0 saturated heterocycles. The number of rotatable bonds is 5. The Morgan fingerprint density at radius 2 is 1.71 bits per heavy atom. The molecular formula is C7H19NO4S2. The van der Waals surface area contributed by atoms with Crippen molar-refractivity contribution >= 4 is 21.4 Å². The third-order valence-corrected chi connectivity index (χ3v) is 2.15. The van der Waals surface area contributed by atoms with E-state index < -0.39 is 21.4 Å². The van der Waals surface area contributed by atoms with Crippen LogP contribution in [0.5, 0.6) is 0 Å². The highest BCUT2D eigenvalue weighted by molar-refractivity contribution is 7.90. The van der Waals surface area contributed by atoms with Crippen LogP contribution in [0.2, 0.25) is 0 Å². The highest BCUT2D eigenvalue weighted by atomic mass is 32.2. The van der Waals surface area contributed by atoms with E-state index in [2.05, 4.69) is 5.32 Å². The van der Waals surface area contributed by atoms with Crippen LogP contribution in [-0.4, -0.2) is 41.9 Å². The summed E-state index contributed by atoms with van der Waals surface area (Å²) >= 11 is -0.750. The van der Waals surface area contributed by atoms with Crippen molar-refractivity contribution in [3.05, 3.63) is 0 Å². The molecule has 0 fully saturated rings. The summed E-state index contributed by atoms with van der Waals surface area (Å²) in [4.78, 5) is 0. The topological polar surface area (TPSA) is 80.3 Å². The van der Waals surface area contributed by atoms with Crippen LogP contribution in [0.1, 0.15) is 20.8 Å². The second-order valence-corrected chi connectivity index (χ2v) is 4.80. The smallest absolute Gasteiger partial charge is 0.317 e. The molecule has 0 radical (unpaired) electrons. The van der Waals surface area contributed by atoms with Gasteiger partial charge in [0.1, 0.15) is 9.84 Å². The van der Waals surface area contributed by atoms with E-state index in [0.29, 0.717) is 12.2 Å². The van der Waals surface area contributed by atoms with Gasteiger partial charge in [0.2, 0.25) is 0 Å². The maximum Gasteiger partial charge on any atom is 0.335 e. The molecule has 0 aromatic heterocycles. The molecule has 1 N–H and O–H groups in total. The van der Waals surface area contributed by atoms with Crippen LogP contribution in [0, 0.1) is 0 Å². The lowest BCUT2D eigenvalue weighted by Crippen LogP contribution is -2.17. The average molecular weight is 245 g/mol. The largest absolute Gasteiger partial charge is 0.335 e. The zero-order valence-electron chi connectivity index (χ0n) is 7.78. The minimum Gasteiger partial charge on any atom is -0.317 e. The normalized spacial score (nSPS) is 9.29. The van der Waals surface area contributed by atoms with E-state index in [1.54, 1.807) is 0 Å². The third-order valence-electron chi connectivity index (χ3n) is 1.12. The maximum absolute atomic E-state index is 10.6. The van der Waals surface area contributed by atoms with Crippen LogP contribution in [0.4, 0.5) is 0 Å². The Morgan fingerprint density at radius 3 is 2.00 bits per heavy atom. The molecule has 0 aliphatic heterocycles. The fourth-order valence-corrected chi connectivity index (χ4v) is 1.30. The Bertz CT molecular complexity index is 232. The van der Waals surface area contributed by atoms with Crippen LogP contribution < -0.4 is 5.32 Å². The number of sulfone groups is 1. The second kappa shape index (κ2) is 12.7. The zero-order valence-corrected chi connectivity index (χ0v) is 9.41. The van der Waals surface area contributed by atoms with E-state index >= 15 is 0 Å². The molecule has 0 heterocycles. The van der Waals surface area contributed by atoms with Gasteiger partial charge in [-0.1, -0.05) is 14.4 Å². The van der Waals surface area contributed by atoms with E-state index in [4.69, 9.17) is 8.42 Å². The molecule has 0 atom stereocenters. The Hall–Kier alpha value is -0.270. The van der Waals surface area contributed by atoms with Gasteiger partial charge in [-0.2, -0.15) is 8.42 Å². The SMILES string of the molecule is C.CCNCCCS(C)(=O)=O.O=S=O. The van der Waals surface area contributed by atoms with Crippen molar-refractivity contribution in [3.8, 4) is 0 Å². The summed E-state index contributed by atoms with van der Waals surface area (Å²) in [6.45, 7) is 3.70. The lowest BCUT2D eigenvalue weighted by molar-refractivity contribution is 0.595. The highest BCUT2D eigenvalue weighted by Gasteiger charge is 1.99. The summed E-state index contributed by atoms with van der Waals surface area (Å²) in [5.41, 5.74) is 0. The van der Waals surface area contributed by atoms with Crippen molar-refractivity contribution in [2.75, 3.05) is 25.1 Å². The van der Waals surface area contributed by atoms with Gasteiger partial charge in [-0.15, -0.1) is 0 Å². The van der Waals surface area contributed by atoms with Crippen LogP contribution in [0.25, 0.3) is 0 Å².